The molecule has 0 bridgehead atoms. The average molecular weight is 343 g/mol. The van der Waals surface area contributed by atoms with Gasteiger partial charge < -0.3 is 10.3 Å². The number of hydrogen-bond acceptors (Lipinski definition) is 4. The first-order valence-electron chi connectivity index (χ1n) is 6.07. The molecule has 2 N–H and O–H groups in total. The third-order valence-electron chi connectivity index (χ3n) is 3.49. The van der Waals surface area contributed by atoms with Crippen LogP contribution in [0.3, 0.4) is 0 Å². The standard InChI is InChI=1S/C13H13BrClN3O/c1-13(16,8-3-4-8)12-17-11(18-19-12)7-2-5-10(15)9(14)6-7/h2,5-6,8H,3-4,16H2,1H3. The molecule has 1 aromatic heterocycles. The summed E-state index contributed by atoms with van der Waals surface area (Å²) in [6.45, 7) is 1.94. The summed E-state index contributed by atoms with van der Waals surface area (Å²) >= 11 is 9.34. The fourth-order valence-electron chi connectivity index (χ4n) is 2.05. The molecular weight excluding hydrogens is 330 g/mol. The zero-order valence-electron chi connectivity index (χ0n) is 10.4. The lowest BCUT2D eigenvalue weighted by molar-refractivity contribution is 0.273. The van der Waals surface area contributed by atoms with Gasteiger partial charge in [0.1, 0.15) is 0 Å². The van der Waals surface area contributed by atoms with Crippen molar-refractivity contribution in [2.45, 2.75) is 25.3 Å². The van der Waals surface area contributed by atoms with E-state index in [0.717, 1.165) is 22.9 Å². The van der Waals surface area contributed by atoms with Crippen LogP contribution in [-0.4, -0.2) is 10.1 Å². The van der Waals surface area contributed by atoms with E-state index in [1.807, 2.05) is 19.1 Å². The highest BCUT2D eigenvalue weighted by Gasteiger charge is 2.43. The molecule has 3 rings (SSSR count). The smallest absolute Gasteiger partial charge is 0.247 e. The van der Waals surface area contributed by atoms with Crippen LogP contribution in [0.5, 0.6) is 0 Å². The van der Waals surface area contributed by atoms with Gasteiger partial charge in [0, 0.05) is 10.0 Å². The Hall–Kier alpha value is -0.910. The van der Waals surface area contributed by atoms with Crippen LogP contribution in [0.2, 0.25) is 5.02 Å². The number of halogens is 2. The number of rotatable bonds is 3. The molecule has 1 aliphatic carbocycles. The number of benzene rings is 1. The van der Waals surface area contributed by atoms with E-state index in [2.05, 4.69) is 26.1 Å². The maximum atomic E-state index is 6.26. The first-order chi connectivity index (χ1) is 8.98. The number of hydrogen-bond donors (Lipinski definition) is 1. The third kappa shape index (κ3) is 2.42. The zero-order chi connectivity index (χ0) is 13.6. The van der Waals surface area contributed by atoms with Crippen molar-refractivity contribution in [3.63, 3.8) is 0 Å². The van der Waals surface area contributed by atoms with E-state index in [1.54, 1.807) is 6.07 Å². The average Bonchev–Trinajstić information content (AvgIpc) is 3.11. The zero-order valence-corrected chi connectivity index (χ0v) is 12.7. The predicted octanol–water partition coefficient (Wildman–Crippen LogP) is 3.74. The van der Waals surface area contributed by atoms with Crippen LogP contribution in [0.4, 0.5) is 0 Å². The Morgan fingerprint density at radius 3 is 2.84 bits per heavy atom. The monoisotopic (exact) mass is 341 g/mol. The summed E-state index contributed by atoms with van der Waals surface area (Å²) in [6, 6.07) is 5.51. The minimum Gasteiger partial charge on any atom is -0.337 e. The van der Waals surface area contributed by atoms with Gasteiger partial charge in [0.2, 0.25) is 11.7 Å². The molecular formula is C13H13BrClN3O. The van der Waals surface area contributed by atoms with Crippen LogP contribution in [0.25, 0.3) is 11.4 Å². The van der Waals surface area contributed by atoms with E-state index in [9.17, 15) is 0 Å². The maximum Gasteiger partial charge on any atom is 0.247 e. The molecule has 0 amide bonds. The second-order valence-corrected chi connectivity index (χ2v) is 6.37. The van der Waals surface area contributed by atoms with Gasteiger partial charge >= 0.3 is 0 Å². The normalized spacial score (nSPS) is 18.3. The molecule has 2 aromatic rings. The van der Waals surface area contributed by atoms with Gasteiger partial charge in [0.05, 0.1) is 10.6 Å². The van der Waals surface area contributed by atoms with Crippen molar-refractivity contribution in [2.24, 2.45) is 11.7 Å². The first kappa shape index (κ1) is 13.1. The molecule has 1 unspecified atom stereocenters. The molecule has 0 aliphatic heterocycles. The van der Waals surface area contributed by atoms with Crippen LogP contribution >= 0.6 is 27.5 Å². The summed E-state index contributed by atoms with van der Waals surface area (Å²) in [4.78, 5) is 4.42. The summed E-state index contributed by atoms with van der Waals surface area (Å²) in [7, 11) is 0. The molecule has 6 heteroatoms. The van der Waals surface area contributed by atoms with Crippen molar-refractivity contribution >= 4 is 27.5 Å². The maximum absolute atomic E-state index is 6.26. The Labute approximate surface area is 124 Å². The van der Waals surface area contributed by atoms with Crippen molar-refractivity contribution in [2.75, 3.05) is 0 Å². The molecule has 1 heterocycles. The number of nitrogens with two attached hydrogens (primary N) is 1. The molecule has 1 atom stereocenters. The van der Waals surface area contributed by atoms with Crippen LogP contribution < -0.4 is 5.73 Å². The largest absolute Gasteiger partial charge is 0.337 e. The van der Waals surface area contributed by atoms with Crippen molar-refractivity contribution in [3.05, 3.63) is 33.6 Å². The molecule has 100 valence electrons. The van der Waals surface area contributed by atoms with Crippen molar-refractivity contribution < 1.29 is 4.52 Å². The Morgan fingerprint density at radius 1 is 1.47 bits per heavy atom. The molecule has 0 spiro atoms. The van der Waals surface area contributed by atoms with E-state index in [4.69, 9.17) is 21.9 Å². The van der Waals surface area contributed by atoms with Crippen LogP contribution in [-0.2, 0) is 5.54 Å². The van der Waals surface area contributed by atoms with Gasteiger partial charge in [-0.05, 0) is 59.8 Å². The van der Waals surface area contributed by atoms with Gasteiger partial charge in [0.25, 0.3) is 0 Å². The lowest BCUT2D eigenvalue weighted by atomic mass is 9.97. The summed E-state index contributed by atoms with van der Waals surface area (Å²) < 4.78 is 6.12. The molecule has 1 saturated carbocycles. The Kier molecular flexibility index (Phi) is 3.15. The Balaban J connectivity index is 1.94. The van der Waals surface area contributed by atoms with E-state index >= 15 is 0 Å². The minimum absolute atomic E-state index is 0.442. The second-order valence-electron chi connectivity index (χ2n) is 5.11. The first-order valence-corrected chi connectivity index (χ1v) is 7.24. The highest BCUT2D eigenvalue weighted by molar-refractivity contribution is 9.10. The van der Waals surface area contributed by atoms with Gasteiger partial charge in [-0.25, -0.2) is 0 Å². The fourth-order valence-corrected chi connectivity index (χ4v) is 2.55. The van der Waals surface area contributed by atoms with Crippen molar-refractivity contribution in [1.29, 1.82) is 0 Å². The van der Waals surface area contributed by atoms with E-state index in [1.165, 1.54) is 0 Å². The van der Waals surface area contributed by atoms with E-state index < -0.39 is 5.54 Å². The predicted molar refractivity (Wildman–Crippen MR) is 76.7 cm³/mol. The fraction of sp³-hybridized carbons (Fsp3) is 0.385. The number of aromatic nitrogens is 2. The molecule has 1 aliphatic rings. The summed E-state index contributed by atoms with van der Waals surface area (Å²) in [5, 5.41) is 4.65. The summed E-state index contributed by atoms with van der Waals surface area (Å²) in [6.07, 6.45) is 2.24. The van der Waals surface area contributed by atoms with E-state index in [0.29, 0.717) is 22.7 Å². The Morgan fingerprint density at radius 2 is 2.21 bits per heavy atom. The Bertz CT molecular complexity index is 622. The lowest BCUT2D eigenvalue weighted by Gasteiger charge is -2.18. The second kappa shape index (κ2) is 4.58. The van der Waals surface area contributed by atoms with Crippen molar-refractivity contribution in [1.82, 2.24) is 10.1 Å². The molecule has 1 aromatic carbocycles. The van der Waals surface area contributed by atoms with Crippen LogP contribution in [0, 0.1) is 5.92 Å². The highest BCUT2D eigenvalue weighted by Crippen LogP contribution is 2.43. The molecule has 4 nitrogen and oxygen atoms in total. The van der Waals surface area contributed by atoms with Gasteiger partial charge in [-0.3, -0.25) is 0 Å². The molecule has 1 fully saturated rings. The summed E-state index contributed by atoms with van der Waals surface area (Å²) in [5.41, 5.74) is 6.57. The minimum atomic E-state index is -0.533. The van der Waals surface area contributed by atoms with Crippen LogP contribution in [0.1, 0.15) is 25.7 Å². The van der Waals surface area contributed by atoms with Gasteiger partial charge in [-0.2, -0.15) is 4.98 Å². The SMILES string of the molecule is CC(N)(c1nc(-c2ccc(Cl)c(Br)c2)no1)C1CC1. The highest BCUT2D eigenvalue weighted by atomic mass is 79.9. The van der Waals surface area contributed by atoms with Gasteiger partial charge in [0.15, 0.2) is 0 Å². The van der Waals surface area contributed by atoms with Gasteiger partial charge in [-0.15, -0.1) is 0 Å². The van der Waals surface area contributed by atoms with E-state index in [-0.39, 0.29) is 0 Å². The number of nitrogens with zero attached hydrogens (tertiary/aromatic N) is 2. The van der Waals surface area contributed by atoms with Crippen molar-refractivity contribution in [3.8, 4) is 11.4 Å². The quantitative estimate of drug-likeness (QED) is 0.923. The van der Waals surface area contributed by atoms with Crippen LogP contribution in [0.15, 0.2) is 27.2 Å². The molecule has 0 saturated heterocycles. The van der Waals surface area contributed by atoms with Gasteiger partial charge in [-0.1, -0.05) is 16.8 Å². The molecule has 0 radical (unpaired) electrons. The topological polar surface area (TPSA) is 64.9 Å². The lowest BCUT2D eigenvalue weighted by Crippen LogP contribution is -2.35. The molecule has 19 heavy (non-hydrogen) atoms. The third-order valence-corrected chi connectivity index (χ3v) is 4.70. The summed E-state index contributed by atoms with van der Waals surface area (Å²) in [5.74, 6) is 1.47.